The number of nitrogens with zero attached hydrogens (tertiary/aromatic N) is 2. The fraction of sp³-hybridized carbons (Fsp3) is 0.333. The number of fused-ring (bicyclic) bond motifs is 1. The third kappa shape index (κ3) is 0.969. The molecule has 12 heavy (non-hydrogen) atoms. The molecule has 1 aliphatic heterocycles. The van der Waals surface area contributed by atoms with Gasteiger partial charge >= 0.3 is 6.09 Å². The molecule has 0 aromatic carbocycles. The molecule has 0 spiro atoms. The van der Waals surface area contributed by atoms with Crippen molar-refractivity contribution in [3.63, 3.8) is 0 Å². The number of hydrogen-bond acceptors (Lipinski definition) is 3. The summed E-state index contributed by atoms with van der Waals surface area (Å²) in [7, 11) is 0. The van der Waals surface area contributed by atoms with E-state index < -0.39 is 6.09 Å². The molecule has 1 aromatic rings. The Morgan fingerprint density at radius 2 is 2.67 bits per heavy atom. The van der Waals surface area contributed by atoms with E-state index in [0.717, 1.165) is 0 Å². The molecule has 1 amide bonds. The van der Waals surface area contributed by atoms with Crippen LogP contribution in [0, 0.1) is 0 Å². The molecule has 0 saturated heterocycles. The molecule has 0 unspecified atom stereocenters. The Bertz CT molecular complexity index is 320. The van der Waals surface area contributed by atoms with Gasteiger partial charge in [0.2, 0.25) is 5.88 Å². The predicted molar refractivity (Wildman–Crippen MR) is 39.4 cm³/mol. The summed E-state index contributed by atoms with van der Waals surface area (Å²) in [4.78, 5) is 10.3. The van der Waals surface area contributed by atoms with Gasteiger partial charge in [0.1, 0.15) is 12.3 Å². The van der Waals surface area contributed by atoms with Gasteiger partial charge in [-0.25, -0.2) is 9.48 Å². The second-order valence-corrected chi connectivity index (χ2v) is 2.37. The van der Waals surface area contributed by atoms with Crippen molar-refractivity contribution in [3.05, 3.63) is 6.20 Å². The number of ether oxygens (including phenoxy) is 1. The number of carboxylic acid groups (broad SMARTS) is 1. The van der Waals surface area contributed by atoms with Gasteiger partial charge in [-0.3, -0.25) is 5.32 Å². The fourth-order valence-corrected chi connectivity index (χ4v) is 1.12. The highest BCUT2D eigenvalue weighted by Crippen LogP contribution is 2.27. The van der Waals surface area contributed by atoms with Crippen LogP contribution in [0.4, 0.5) is 10.5 Å². The van der Waals surface area contributed by atoms with Crippen LogP contribution >= 0.6 is 0 Å². The van der Waals surface area contributed by atoms with Crippen molar-refractivity contribution in [3.8, 4) is 5.88 Å². The van der Waals surface area contributed by atoms with Gasteiger partial charge in [0.05, 0.1) is 12.7 Å². The Morgan fingerprint density at radius 3 is 3.42 bits per heavy atom. The van der Waals surface area contributed by atoms with Gasteiger partial charge in [-0.05, 0) is 0 Å². The van der Waals surface area contributed by atoms with Crippen molar-refractivity contribution in [1.29, 1.82) is 0 Å². The second-order valence-electron chi connectivity index (χ2n) is 2.37. The second kappa shape index (κ2) is 2.40. The monoisotopic (exact) mass is 169 g/mol. The minimum absolute atomic E-state index is 0.403. The summed E-state index contributed by atoms with van der Waals surface area (Å²) in [5.74, 6) is 0.498. The molecule has 6 nitrogen and oxygen atoms in total. The molecule has 0 atom stereocenters. The molecule has 2 heterocycles. The number of rotatable bonds is 1. The van der Waals surface area contributed by atoms with E-state index in [1.165, 1.54) is 6.20 Å². The summed E-state index contributed by atoms with van der Waals surface area (Å²) >= 11 is 0. The van der Waals surface area contributed by atoms with Crippen molar-refractivity contribution in [2.24, 2.45) is 0 Å². The van der Waals surface area contributed by atoms with Gasteiger partial charge in [0, 0.05) is 0 Å². The van der Waals surface area contributed by atoms with E-state index in [4.69, 9.17) is 9.84 Å². The quantitative estimate of drug-likeness (QED) is 0.636. The van der Waals surface area contributed by atoms with Crippen molar-refractivity contribution < 1.29 is 14.6 Å². The molecule has 2 N–H and O–H groups in total. The number of aromatic nitrogens is 2. The first-order valence-corrected chi connectivity index (χ1v) is 3.46. The highest BCUT2D eigenvalue weighted by Gasteiger charge is 2.18. The largest absolute Gasteiger partial charge is 0.474 e. The summed E-state index contributed by atoms with van der Waals surface area (Å²) < 4.78 is 6.76. The number of anilines is 1. The predicted octanol–water partition coefficient (Wildman–Crippen LogP) is 0.365. The normalized spacial score (nSPS) is 13.7. The molecule has 0 fully saturated rings. The zero-order valence-electron chi connectivity index (χ0n) is 6.15. The molecular formula is C6H7N3O3. The van der Waals surface area contributed by atoms with Crippen LogP contribution in [0.15, 0.2) is 6.20 Å². The Kier molecular flexibility index (Phi) is 1.39. The maximum atomic E-state index is 10.3. The van der Waals surface area contributed by atoms with Gasteiger partial charge in [-0.1, -0.05) is 0 Å². The van der Waals surface area contributed by atoms with E-state index in [2.05, 4.69) is 10.4 Å². The number of hydrogen-bond donors (Lipinski definition) is 2. The molecule has 1 aromatic heterocycles. The average molecular weight is 169 g/mol. The van der Waals surface area contributed by atoms with Crippen molar-refractivity contribution in [2.45, 2.75) is 6.54 Å². The van der Waals surface area contributed by atoms with Crippen molar-refractivity contribution >= 4 is 11.8 Å². The lowest BCUT2D eigenvalue weighted by Crippen LogP contribution is -2.07. The lowest BCUT2D eigenvalue weighted by atomic mass is 10.5. The van der Waals surface area contributed by atoms with Crippen LogP contribution in [0.1, 0.15) is 0 Å². The highest BCUT2D eigenvalue weighted by atomic mass is 16.5. The summed E-state index contributed by atoms with van der Waals surface area (Å²) in [6, 6.07) is 0. The molecule has 2 rings (SSSR count). The fourth-order valence-electron chi connectivity index (χ4n) is 1.12. The van der Waals surface area contributed by atoms with Gasteiger partial charge in [0.15, 0.2) is 0 Å². The molecule has 0 aliphatic carbocycles. The maximum Gasteiger partial charge on any atom is 0.409 e. The summed E-state index contributed by atoms with van der Waals surface area (Å²) in [6.45, 7) is 1.23. The Balaban J connectivity index is 2.27. The highest BCUT2D eigenvalue weighted by molar-refractivity contribution is 5.84. The first-order chi connectivity index (χ1) is 5.77. The van der Waals surface area contributed by atoms with Crippen LogP contribution in [-0.4, -0.2) is 27.6 Å². The van der Waals surface area contributed by atoms with Crippen LogP contribution in [0.25, 0.3) is 0 Å². The smallest absolute Gasteiger partial charge is 0.409 e. The van der Waals surface area contributed by atoms with Crippen LogP contribution in [0.5, 0.6) is 5.88 Å². The minimum Gasteiger partial charge on any atom is -0.474 e. The molecule has 1 aliphatic rings. The lowest BCUT2D eigenvalue weighted by molar-refractivity contribution is 0.209. The van der Waals surface area contributed by atoms with Gasteiger partial charge in [-0.15, -0.1) is 0 Å². The number of carbonyl (C=O) groups is 1. The molecule has 64 valence electrons. The summed E-state index contributed by atoms with van der Waals surface area (Å²) in [5.41, 5.74) is 0.403. The van der Waals surface area contributed by atoms with Crippen LogP contribution in [0.3, 0.4) is 0 Å². The first kappa shape index (κ1) is 6.96. The Morgan fingerprint density at radius 1 is 1.83 bits per heavy atom. The van der Waals surface area contributed by atoms with Gasteiger partial charge in [-0.2, -0.15) is 5.10 Å². The minimum atomic E-state index is -1.11. The van der Waals surface area contributed by atoms with E-state index in [-0.39, 0.29) is 0 Å². The van der Waals surface area contributed by atoms with Gasteiger partial charge < -0.3 is 9.84 Å². The van der Waals surface area contributed by atoms with E-state index in [0.29, 0.717) is 24.7 Å². The van der Waals surface area contributed by atoms with Crippen molar-refractivity contribution in [2.75, 3.05) is 11.9 Å². The molecule has 0 saturated carbocycles. The van der Waals surface area contributed by atoms with E-state index in [9.17, 15) is 4.79 Å². The third-order valence-electron chi connectivity index (χ3n) is 1.57. The number of amides is 1. The lowest BCUT2D eigenvalue weighted by Gasteiger charge is -1.98. The zero-order valence-corrected chi connectivity index (χ0v) is 6.15. The first-order valence-electron chi connectivity index (χ1n) is 3.46. The Labute approximate surface area is 67.7 Å². The molecule has 6 heteroatoms. The average Bonchev–Trinajstić information content (AvgIpc) is 2.52. The van der Waals surface area contributed by atoms with E-state index >= 15 is 0 Å². The SMILES string of the molecule is O=C(O)Nc1cnn2c1OCC2. The summed E-state index contributed by atoms with van der Waals surface area (Å²) in [5, 5.41) is 14.5. The zero-order chi connectivity index (χ0) is 8.55. The summed E-state index contributed by atoms with van der Waals surface area (Å²) in [6.07, 6.45) is 0.323. The van der Waals surface area contributed by atoms with Gasteiger partial charge in [0.25, 0.3) is 0 Å². The molecular weight excluding hydrogens is 162 g/mol. The van der Waals surface area contributed by atoms with E-state index in [1.54, 1.807) is 4.68 Å². The molecule has 0 bridgehead atoms. The van der Waals surface area contributed by atoms with E-state index in [1.807, 2.05) is 0 Å². The van der Waals surface area contributed by atoms with Crippen LogP contribution < -0.4 is 10.1 Å². The van der Waals surface area contributed by atoms with Crippen molar-refractivity contribution in [1.82, 2.24) is 9.78 Å². The maximum absolute atomic E-state index is 10.3. The Hall–Kier alpha value is -1.72. The van der Waals surface area contributed by atoms with Crippen LogP contribution in [-0.2, 0) is 6.54 Å². The third-order valence-corrected chi connectivity index (χ3v) is 1.57. The topological polar surface area (TPSA) is 76.4 Å². The standard InChI is InChI=1S/C6H7N3O3/c10-6(11)8-4-3-7-9-1-2-12-5(4)9/h3,8H,1-2H2,(H,10,11). The van der Waals surface area contributed by atoms with Crippen LogP contribution in [0.2, 0.25) is 0 Å². The number of nitrogens with one attached hydrogen (secondary N) is 1. The molecule has 0 radical (unpaired) electrons.